The maximum Gasteiger partial charge on any atom is 0.246 e. The Labute approximate surface area is 152 Å². The highest BCUT2D eigenvalue weighted by Crippen LogP contribution is 2.49. The monoisotopic (exact) mass is 354 g/mol. The van der Waals surface area contributed by atoms with Gasteiger partial charge in [0.05, 0.1) is 12.5 Å². The van der Waals surface area contributed by atoms with E-state index in [-0.39, 0.29) is 17.6 Å². The summed E-state index contributed by atoms with van der Waals surface area (Å²) < 4.78 is 5.17. The summed E-state index contributed by atoms with van der Waals surface area (Å²) in [6.07, 6.45) is 1.47. The van der Waals surface area contributed by atoms with Gasteiger partial charge in [0.25, 0.3) is 0 Å². The second kappa shape index (κ2) is 7.07. The molecule has 0 heterocycles. The van der Waals surface area contributed by atoms with E-state index in [1.54, 1.807) is 19.2 Å². The molecule has 0 aromatic heterocycles. The molecule has 0 spiro atoms. The first-order valence-corrected chi connectivity index (χ1v) is 8.46. The lowest BCUT2D eigenvalue weighted by atomic mass is 9.94. The van der Waals surface area contributed by atoms with Crippen LogP contribution < -0.4 is 15.4 Å². The second-order valence-corrected chi connectivity index (χ2v) is 6.42. The lowest BCUT2D eigenvalue weighted by Crippen LogP contribution is -2.43. The van der Waals surface area contributed by atoms with Crippen LogP contribution in [-0.4, -0.2) is 31.1 Å². The Kier molecular flexibility index (Phi) is 4.84. The minimum absolute atomic E-state index is 0.104. The molecule has 0 saturated heterocycles. The van der Waals surface area contributed by atoms with Crippen LogP contribution in [0.4, 0.5) is 0 Å². The number of amides is 2. The van der Waals surface area contributed by atoms with Crippen molar-refractivity contribution in [3.63, 3.8) is 0 Å². The molecular weight excluding hydrogens is 332 g/mol. The standard InChI is InChI=1S/C20H22N2O4/c1-21-18(24)17(13-3-7-15(23)8-4-13)22-19(25)20(11-12-20)14-5-9-16(26-2)10-6-14/h3-10,17,23H,11-12H2,1-2H3,(H,21,24)(H,22,25). The fourth-order valence-electron chi connectivity index (χ4n) is 3.06. The van der Waals surface area contributed by atoms with Gasteiger partial charge in [0, 0.05) is 7.05 Å². The van der Waals surface area contributed by atoms with Crippen molar-refractivity contribution in [2.75, 3.05) is 14.2 Å². The van der Waals surface area contributed by atoms with Crippen LogP contribution in [0.3, 0.4) is 0 Å². The minimum atomic E-state index is -0.816. The molecule has 1 aliphatic carbocycles. The van der Waals surface area contributed by atoms with Crippen LogP contribution in [0.15, 0.2) is 48.5 Å². The molecule has 3 N–H and O–H groups in total. The van der Waals surface area contributed by atoms with Crippen LogP contribution in [0.1, 0.15) is 30.0 Å². The summed E-state index contributed by atoms with van der Waals surface area (Å²) in [5.41, 5.74) is 0.924. The van der Waals surface area contributed by atoms with Gasteiger partial charge in [0.2, 0.25) is 11.8 Å². The lowest BCUT2D eigenvalue weighted by Gasteiger charge is -2.22. The van der Waals surface area contributed by atoms with Crippen molar-refractivity contribution in [1.82, 2.24) is 10.6 Å². The van der Waals surface area contributed by atoms with Crippen molar-refractivity contribution in [1.29, 1.82) is 0 Å². The Morgan fingerprint density at radius 1 is 1.08 bits per heavy atom. The van der Waals surface area contributed by atoms with Gasteiger partial charge >= 0.3 is 0 Å². The Morgan fingerprint density at radius 3 is 2.19 bits per heavy atom. The number of nitrogens with one attached hydrogen (secondary N) is 2. The van der Waals surface area contributed by atoms with E-state index < -0.39 is 11.5 Å². The molecule has 26 heavy (non-hydrogen) atoms. The molecule has 1 atom stereocenters. The summed E-state index contributed by atoms with van der Waals surface area (Å²) in [5.74, 6) is 0.351. The molecule has 6 heteroatoms. The quantitative estimate of drug-likeness (QED) is 0.741. The summed E-state index contributed by atoms with van der Waals surface area (Å²) in [4.78, 5) is 25.3. The van der Waals surface area contributed by atoms with E-state index in [0.29, 0.717) is 5.56 Å². The van der Waals surface area contributed by atoms with E-state index in [2.05, 4.69) is 10.6 Å². The van der Waals surface area contributed by atoms with Gasteiger partial charge in [0.1, 0.15) is 17.5 Å². The smallest absolute Gasteiger partial charge is 0.246 e. The van der Waals surface area contributed by atoms with Crippen molar-refractivity contribution in [2.45, 2.75) is 24.3 Å². The van der Waals surface area contributed by atoms with Crippen molar-refractivity contribution < 1.29 is 19.4 Å². The molecule has 2 aromatic carbocycles. The molecule has 1 aliphatic rings. The fraction of sp³-hybridized carbons (Fsp3) is 0.300. The van der Waals surface area contributed by atoms with Gasteiger partial charge in [-0.25, -0.2) is 0 Å². The highest BCUT2D eigenvalue weighted by Gasteiger charge is 2.52. The maximum absolute atomic E-state index is 13.0. The number of ether oxygens (including phenoxy) is 1. The van der Waals surface area contributed by atoms with Crippen molar-refractivity contribution in [3.05, 3.63) is 59.7 Å². The Hall–Kier alpha value is -3.02. The molecule has 1 unspecified atom stereocenters. The van der Waals surface area contributed by atoms with Gasteiger partial charge in [-0.05, 0) is 48.2 Å². The SMILES string of the molecule is CNC(=O)C(NC(=O)C1(c2ccc(OC)cc2)CC1)c1ccc(O)cc1. The van der Waals surface area contributed by atoms with Crippen molar-refractivity contribution >= 4 is 11.8 Å². The summed E-state index contributed by atoms with van der Waals surface area (Å²) in [7, 11) is 3.12. The number of hydrogen-bond donors (Lipinski definition) is 3. The Bertz CT molecular complexity index is 796. The number of carbonyl (C=O) groups is 2. The average molecular weight is 354 g/mol. The molecule has 1 saturated carbocycles. The summed E-state index contributed by atoms with van der Waals surface area (Å²) in [6.45, 7) is 0. The molecule has 0 aliphatic heterocycles. The van der Waals surface area contributed by atoms with Gasteiger partial charge in [0.15, 0.2) is 0 Å². The molecule has 3 rings (SSSR count). The molecule has 6 nitrogen and oxygen atoms in total. The van der Waals surface area contributed by atoms with E-state index in [9.17, 15) is 14.7 Å². The second-order valence-electron chi connectivity index (χ2n) is 6.42. The number of rotatable bonds is 6. The zero-order valence-corrected chi connectivity index (χ0v) is 14.8. The lowest BCUT2D eigenvalue weighted by molar-refractivity contribution is -0.130. The topological polar surface area (TPSA) is 87.7 Å². The highest BCUT2D eigenvalue weighted by atomic mass is 16.5. The van der Waals surface area contributed by atoms with Gasteiger partial charge in [-0.3, -0.25) is 9.59 Å². The zero-order valence-electron chi connectivity index (χ0n) is 14.8. The molecule has 1 fully saturated rings. The van der Waals surface area contributed by atoms with Crippen LogP contribution in [-0.2, 0) is 15.0 Å². The first-order valence-electron chi connectivity index (χ1n) is 8.46. The number of phenolic OH excluding ortho intramolecular Hbond substituents is 1. The molecule has 2 aromatic rings. The van der Waals surface area contributed by atoms with E-state index in [4.69, 9.17) is 4.74 Å². The molecule has 136 valence electrons. The van der Waals surface area contributed by atoms with Crippen LogP contribution in [0.2, 0.25) is 0 Å². The van der Waals surface area contributed by atoms with Crippen LogP contribution in [0.25, 0.3) is 0 Å². The summed E-state index contributed by atoms with van der Waals surface area (Å²) in [5, 5.41) is 14.9. The number of hydrogen-bond acceptors (Lipinski definition) is 4. The van der Waals surface area contributed by atoms with Crippen LogP contribution in [0.5, 0.6) is 11.5 Å². The van der Waals surface area contributed by atoms with Gasteiger partial charge in [-0.1, -0.05) is 24.3 Å². The Morgan fingerprint density at radius 2 is 1.69 bits per heavy atom. The number of phenols is 1. The number of benzene rings is 2. The number of methoxy groups -OCH3 is 1. The van der Waals surface area contributed by atoms with Crippen LogP contribution in [0, 0.1) is 0 Å². The third-order valence-electron chi connectivity index (χ3n) is 4.84. The summed E-state index contributed by atoms with van der Waals surface area (Å²) >= 11 is 0. The first-order chi connectivity index (χ1) is 12.5. The summed E-state index contributed by atoms with van der Waals surface area (Å²) in [6, 6.07) is 12.9. The minimum Gasteiger partial charge on any atom is -0.508 e. The predicted molar refractivity (Wildman–Crippen MR) is 97.0 cm³/mol. The normalized spacial score (nSPS) is 15.6. The maximum atomic E-state index is 13.0. The highest BCUT2D eigenvalue weighted by molar-refractivity contribution is 5.95. The van der Waals surface area contributed by atoms with E-state index in [1.807, 2.05) is 24.3 Å². The Balaban J connectivity index is 1.83. The van der Waals surface area contributed by atoms with E-state index >= 15 is 0 Å². The largest absolute Gasteiger partial charge is 0.508 e. The molecular formula is C20H22N2O4. The third-order valence-corrected chi connectivity index (χ3v) is 4.84. The van der Waals surface area contributed by atoms with Gasteiger partial charge in [-0.2, -0.15) is 0 Å². The van der Waals surface area contributed by atoms with Crippen molar-refractivity contribution in [3.8, 4) is 11.5 Å². The molecule has 2 amide bonds. The molecule has 0 radical (unpaired) electrons. The number of likely N-dealkylation sites (N-methyl/N-ethyl adjacent to an activating group) is 1. The van der Waals surface area contributed by atoms with E-state index in [1.165, 1.54) is 19.2 Å². The van der Waals surface area contributed by atoms with E-state index in [0.717, 1.165) is 24.2 Å². The van der Waals surface area contributed by atoms with Gasteiger partial charge in [-0.15, -0.1) is 0 Å². The number of aromatic hydroxyl groups is 1. The molecule has 0 bridgehead atoms. The zero-order chi connectivity index (χ0) is 18.7. The average Bonchev–Trinajstić information content (AvgIpc) is 3.48. The third kappa shape index (κ3) is 3.35. The van der Waals surface area contributed by atoms with Gasteiger partial charge < -0.3 is 20.5 Å². The van der Waals surface area contributed by atoms with Crippen LogP contribution >= 0.6 is 0 Å². The predicted octanol–water partition coefficient (Wildman–Crippen LogP) is 2.04. The fourth-order valence-corrected chi connectivity index (χ4v) is 3.06. The van der Waals surface area contributed by atoms with Crippen molar-refractivity contribution in [2.24, 2.45) is 0 Å². The first kappa shape index (κ1) is 17.8. The number of carbonyl (C=O) groups excluding carboxylic acids is 2.